The van der Waals surface area contributed by atoms with Gasteiger partial charge >= 0.3 is 6.61 Å². The Morgan fingerprint density at radius 3 is 2.61 bits per heavy atom. The second kappa shape index (κ2) is 9.33. The maximum atomic E-state index is 13.1. The molecule has 166 valence electrons. The van der Waals surface area contributed by atoms with Crippen LogP contribution in [-0.4, -0.2) is 61.2 Å². The van der Waals surface area contributed by atoms with E-state index in [2.05, 4.69) is 9.73 Å². The van der Waals surface area contributed by atoms with Crippen molar-refractivity contribution in [2.45, 2.75) is 23.7 Å². The van der Waals surface area contributed by atoms with E-state index in [0.29, 0.717) is 17.4 Å². The molecule has 1 unspecified atom stereocenters. The number of thioether (sulfide) groups is 1. The van der Waals surface area contributed by atoms with Crippen LogP contribution in [0.15, 0.2) is 58.4 Å². The van der Waals surface area contributed by atoms with Crippen LogP contribution in [0.25, 0.3) is 0 Å². The molecule has 1 aliphatic rings. The quantitative estimate of drug-likeness (QED) is 0.643. The van der Waals surface area contributed by atoms with Crippen LogP contribution in [0, 0.1) is 0 Å². The lowest BCUT2D eigenvalue weighted by atomic mass is 10.1. The lowest BCUT2D eigenvalue weighted by molar-refractivity contribution is -0.0502. The number of carbonyl (C=O) groups is 1. The van der Waals surface area contributed by atoms with Gasteiger partial charge in [0.05, 0.1) is 16.1 Å². The first-order valence-corrected chi connectivity index (χ1v) is 11.5. The van der Waals surface area contributed by atoms with E-state index in [0.717, 1.165) is 4.31 Å². The van der Waals surface area contributed by atoms with Crippen molar-refractivity contribution in [3.8, 4) is 5.75 Å². The number of hydrogen-bond donors (Lipinski definition) is 0. The highest BCUT2D eigenvalue weighted by atomic mass is 32.2. The molecule has 0 spiro atoms. The van der Waals surface area contributed by atoms with Crippen molar-refractivity contribution in [3.63, 3.8) is 0 Å². The van der Waals surface area contributed by atoms with Gasteiger partial charge in [-0.05, 0) is 30.3 Å². The minimum absolute atomic E-state index is 0.00543. The second-order valence-electron chi connectivity index (χ2n) is 6.90. The number of carbonyl (C=O) groups excluding carboxylic acids is 1. The predicted molar refractivity (Wildman–Crippen MR) is 116 cm³/mol. The standard InChI is InChI=1S/C20H21F2N3O4S2/c1-13-12-25(18(26)16-9-4-5-10-17(16)29-19(21)22)20(30-13)23-14-7-6-8-15(11-14)31(27,28)24(2)3/h4-11,13,19H,12H2,1-3H3. The number of amidine groups is 1. The van der Waals surface area contributed by atoms with Crippen molar-refractivity contribution in [1.29, 1.82) is 0 Å². The number of hydrogen-bond acceptors (Lipinski definition) is 6. The number of halogens is 2. The van der Waals surface area contributed by atoms with E-state index >= 15 is 0 Å². The molecule has 0 bridgehead atoms. The monoisotopic (exact) mass is 469 g/mol. The summed E-state index contributed by atoms with van der Waals surface area (Å²) in [5.74, 6) is -0.741. The SMILES string of the molecule is CC1CN(C(=O)c2ccccc2OC(F)F)C(=Nc2cccc(S(=O)(=O)N(C)C)c2)S1. The van der Waals surface area contributed by atoms with Gasteiger partial charge in [0, 0.05) is 25.9 Å². The molecule has 1 heterocycles. The van der Waals surface area contributed by atoms with Gasteiger partial charge in [-0.25, -0.2) is 17.7 Å². The molecule has 0 saturated carbocycles. The lowest BCUT2D eigenvalue weighted by Gasteiger charge is -2.18. The van der Waals surface area contributed by atoms with Crippen LogP contribution < -0.4 is 4.74 Å². The van der Waals surface area contributed by atoms with E-state index in [1.807, 2.05) is 6.92 Å². The zero-order valence-electron chi connectivity index (χ0n) is 17.0. The van der Waals surface area contributed by atoms with Gasteiger partial charge in [0.1, 0.15) is 5.75 Å². The normalized spacial score (nSPS) is 18.2. The minimum atomic E-state index is -3.64. The number of benzene rings is 2. The van der Waals surface area contributed by atoms with Crippen LogP contribution in [0.1, 0.15) is 17.3 Å². The average Bonchev–Trinajstić information content (AvgIpc) is 3.07. The first-order valence-electron chi connectivity index (χ1n) is 9.23. The molecule has 7 nitrogen and oxygen atoms in total. The van der Waals surface area contributed by atoms with Gasteiger partial charge in [-0.1, -0.05) is 36.9 Å². The Morgan fingerprint density at radius 1 is 1.23 bits per heavy atom. The van der Waals surface area contributed by atoms with Crippen molar-refractivity contribution in [2.24, 2.45) is 4.99 Å². The molecule has 3 rings (SSSR count). The summed E-state index contributed by atoms with van der Waals surface area (Å²) in [6.07, 6.45) is 0. The Kier molecular flexibility index (Phi) is 6.97. The van der Waals surface area contributed by atoms with Crippen LogP contribution in [0.4, 0.5) is 14.5 Å². The Balaban J connectivity index is 1.96. The van der Waals surface area contributed by atoms with E-state index in [9.17, 15) is 22.0 Å². The molecular weight excluding hydrogens is 448 g/mol. The van der Waals surface area contributed by atoms with E-state index in [1.165, 1.54) is 61.1 Å². The highest BCUT2D eigenvalue weighted by molar-refractivity contribution is 8.14. The summed E-state index contributed by atoms with van der Waals surface area (Å²) >= 11 is 1.34. The Hall–Kier alpha value is -2.50. The van der Waals surface area contributed by atoms with Crippen molar-refractivity contribution in [3.05, 3.63) is 54.1 Å². The number of aliphatic imine (C=N–C) groups is 1. The van der Waals surface area contributed by atoms with Crippen molar-refractivity contribution in [1.82, 2.24) is 9.21 Å². The van der Waals surface area contributed by atoms with Crippen LogP contribution in [-0.2, 0) is 10.0 Å². The van der Waals surface area contributed by atoms with E-state index in [4.69, 9.17) is 0 Å². The zero-order chi connectivity index (χ0) is 22.8. The third-order valence-corrected chi connectivity index (χ3v) is 7.26. The molecule has 1 aliphatic heterocycles. The number of nitrogens with zero attached hydrogens (tertiary/aromatic N) is 3. The molecule has 2 aromatic rings. The van der Waals surface area contributed by atoms with Gasteiger partial charge in [0.25, 0.3) is 5.91 Å². The van der Waals surface area contributed by atoms with Gasteiger partial charge in [0.2, 0.25) is 10.0 Å². The van der Waals surface area contributed by atoms with Crippen LogP contribution in [0.2, 0.25) is 0 Å². The van der Waals surface area contributed by atoms with Gasteiger partial charge < -0.3 is 4.74 Å². The Labute approximate surface area is 183 Å². The summed E-state index contributed by atoms with van der Waals surface area (Å²) in [5.41, 5.74) is 0.351. The third-order valence-electron chi connectivity index (χ3n) is 4.38. The summed E-state index contributed by atoms with van der Waals surface area (Å²) in [6, 6.07) is 11.9. The summed E-state index contributed by atoms with van der Waals surface area (Å²) < 4.78 is 55.8. The fraction of sp³-hybridized carbons (Fsp3) is 0.300. The van der Waals surface area contributed by atoms with Crippen molar-refractivity contribution < 1.29 is 26.7 Å². The van der Waals surface area contributed by atoms with Crippen LogP contribution in [0.3, 0.4) is 0 Å². The molecule has 0 aliphatic carbocycles. The number of amides is 1. The van der Waals surface area contributed by atoms with E-state index in [-0.39, 0.29) is 21.5 Å². The molecule has 11 heteroatoms. The van der Waals surface area contributed by atoms with Gasteiger partial charge in [0.15, 0.2) is 5.17 Å². The van der Waals surface area contributed by atoms with Gasteiger partial charge in [-0.15, -0.1) is 0 Å². The second-order valence-corrected chi connectivity index (χ2v) is 10.5. The van der Waals surface area contributed by atoms with E-state index in [1.54, 1.807) is 18.2 Å². The van der Waals surface area contributed by atoms with Crippen molar-refractivity contribution >= 4 is 38.5 Å². The maximum absolute atomic E-state index is 13.1. The summed E-state index contributed by atoms with van der Waals surface area (Å²) in [5, 5.41) is 0.364. The van der Waals surface area contributed by atoms with Crippen LogP contribution in [0.5, 0.6) is 5.75 Å². The Bertz CT molecular complexity index is 1110. The summed E-state index contributed by atoms with van der Waals surface area (Å²) in [7, 11) is -0.780. The highest BCUT2D eigenvalue weighted by Gasteiger charge is 2.33. The number of sulfonamides is 1. The molecule has 1 atom stereocenters. The molecule has 1 saturated heterocycles. The molecule has 1 amide bonds. The first kappa shape index (κ1) is 23.2. The molecular formula is C20H21F2N3O4S2. The van der Waals surface area contributed by atoms with E-state index < -0.39 is 22.5 Å². The van der Waals surface area contributed by atoms with Gasteiger partial charge in [-0.2, -0.15) is 8.78 Å². The van der Waals surface area contributed by atoms with Gasteiger partial charge in [-0.3, -0.25) is 9.69 Å². The molecule has 0 N–H and O–H groups in total. The zero-order valence-corrected chi connectivity index (χ0v) is 18.7. The fourth-order valence-electron chi connectivity index (χ4n) is 2.89. The number of rotatable bonds is 6. The number of ether oxygens (including phenoxy) is 1. The topological polar surface area (TPSA) is 79.3 Å². The maximum Gasteiger partial charge on any atom is 0.387 e. The van der Waals surface area contributed by atoms with Crippen LogP contribution >= 0.6 is 11.8 Å². The van der Waals surface area contributed by atoms with Crippen molar-refractivity contribution in [2.75, 3.05) is 20.6 Å². The molecule has 31 heavy (non-hydrogen) atoms. The molecule has 2 aromatic carbocycles. The Morgan fingerprint density at radius 2 is 1.94 bits per heavy atom. The molecule has 0 aromatic heterocycles. The third kappa shape index (κ3) is 5.23. The summed E-state index contributed by atoms with van der Waals surface area (Å²) in [6.45, 7) is -0.835. The predicted octanol–water partition coefficient (Wildman–Crippen LogP) is 3.80. The smallest absolute Gasteiger partial charge is 0.387 e. The minimum Gasteiger partial charge on any atom is -0.434 e. The lowest BCUT2D eigenvalue weighted by Crippen LogP contribution is -2.33. The largest absolute Gasteiger partial charge is 0.434 e. The molecule has 0 radical (unpaired) electrons. The summed E-state index contributed by atoms with van der Waals surface area (Å²) in [4.78, 5) is 19.0. The first-order chi connectivity index (χ1) is 14.6. The number of alkyl halides is 2. The fourth-order valence-corrected chi connectivity index (χ4v) is 4.86. The number of para-hydroxylation sites is 1. The highest BCUT2D eigenvalue weighted by Crippen LogP contribution is 2.32. The molecule has 1 fully saturated rings. The average molecular weight is 470 g/mol.